The Morgan fingerprint density at radius 1 is 1.59 bits per heavy atom. The zero-order chi connectivity index (χ0) is 11.7. The van der Waals surface area contributed by atoms with Gasteiger partial charge in [0.25, 0.3) is 0 Å². The molecule has 3 atom stereocenters. The van der Waals surface area contributed by atoms with Crippen molar-refractivity contribution in [3.8, 4) is 0 Å². The lowest BCUT2D eigenvalue weighted by Gasteiger charge is -2.40. The quantitative estimate of drug-likeness (QED) is 0.790. The van der Waals surface area contributed by atoms with E-state index in [1.807, 2.05) is 10.9 Å². The van der Waals surface area contributed by atoms with Crippen LogP contribution in [-0.4, -0.2) is 29.5 Å². The molecule has 17 heavy (non-hydrogen) atoms. The summed E-state index contributed by atoms with van der Waals surface area (Å²) in [6.45, 7) is 1.52. The number of fused-ring (bicyclic) bond motifs is 1. The number of nitrogens with one attached hydrogen (secondary N) is 1. The lowest BCUT2D eigenvalue weighted by molar-refractivity contribution is 0.183. The number of hydrogen-bond acceptors (Lipinski definition) is 3. The highest BCUT2D eigenvalue weighted by Crippen LogP contribution is 2.43. The van der Waals surface area contributed by atoms with Crippen LogP contribution < -0.4 is 5.32 Å². The van der Waals surface area contributed by atoms with Crippen molar-refractivity contribution >= 4 is 5.69 Å². The molecule has 0 radical (unpaired) electrons. The largest absolute Gasteiger partial charge is 0.383 e. The normalized spacial score (nSPS) is 30.1. The molecule has 4 heteroatoms. The molecule has 0 spiro atoms. The van der Waals surface area contributed by atoms with Crippen molar-refractivity contribution in [3.63, 3.8) is 0 Å². The van der Waals surface area contributed by atoms with Gasteiger partial charge in [-0.3, -0.25) is 4.68 Å². The second-order valence-corrected chi connectivity index (χ2v) is 4.97. The maximum Gasteiger partial charge on any atom is 0.0728 e. The summed E-state index contributed by atoms with van der Waals surface area (Å²) in [5.41, 5.74) is 1.13. The van der Waals surface area contributed by atoms with Crippen molar-refractivity contribution < 1.29 is 4.74 Å². The molecule has 0 aromatic carbocycles. The number of ether oxygens (including phenoxy) is 1. The lowest BCUT2D eigenvalue weighted by atomic mass is 9.71. The van der Waals surface area contributed by atoms with Gasteiger partial charge in [-0.25, -0.2) is 0 Å². The van der Waals surface area contributed by atoms with Crippen LogP contribution in [-0.2, 0) is 11.3 Å². The third kappa shape index (κ3) is 2.09. The van der Waals surface area contributed by atoms with Crippen LogP contribution in [0.5, 0.6) is 0 Å². The average Bonchev–Trinajstić information content (AvgIpc) is 2.90. The summed E-state index contributed by atoms with van der Waals surface area (Å²) in [7, 11) is 1.71. The van der Waals surface area contributed by atoms with Crippen LogP contribution >= 0.6 is 0 Å². The van der Waals surface area contributed by atoms with E-state index in [1.165, 1.54) is 12.8 Å². The Balaban J connectivity index is 1.55. The van der Waals surface area contributed by atoms with E-state index in [0.717, 1.165) is 24.1 Å². The summed E-state index contributed by atoms with van der Waals surface area (Å²) in [6, 6.07) is 0.610. The number of anilines is 1. The van der Waals surface area contributed by atoms with Crippen LogP contribution in [0.25, 0.3) is 0 Å². The summed E-state index contributed by atoms with van der Waals surface area (Å²) in [4.78, 5) is 0. The van der Waals surface area contributed by atoms with Crippen molar-refractivity contribution in [2.45, 2.75) is 25.4 Å². The van der Waals surface area contributed by atoms with Crippen LogP contribution in [0.15, 0.2) is 24.5 Å². The number of rotatable bonds is 5. The van der Waals surface area contributed by atoms with Gasteiger partial charge in [0, 0.05) is 25.3 Å². The lowest BCUT2D eigenvalue weighted by Crippen LogP contribution is -2.43. The maximum atomic E-state index is 5.03. The first-order valence-corrected chi connectivity index (χ1v) is 6.31. The van der Waals surface area contributed by atoms with E-state index in [9.17, 15) is 0 Å². The topological polar surface area (TPSA) is 39.1 Å². The zero-order valence-electron chi connectivity index (χ0n) is 10.2. The first kappa shape index (κ1) is 10.8. The van der Waals surface area contributed by atoms with Crippen LogP contribution in [0.1, 0.15) is 12.8 Å². The molecule has 4 nitrogen and oxygen atoms in total. The number of allylic oxidation sites excluding steroid dienone is 1. The number of nitrogens with zero attached hydrogens (tertiary/aromatic N) is 2. The van der Waals surface area contributed by atoms with E-state index >= 15 is 0 Å². The number of hydrogen-bond donors (Lipinski definition) is 1. The monoisotopic (exact) mass is 233 g/mol. The highest BCUT2D eigenvalue weighted by Gasteiger charge is 2.40. The minimum absolute atomic E-state index is 0.610. The van der Waals surface area contributed by atoms with E-state index < -0.39 is 0 Å². The first-order valence-electron chi connectivity index (χ1n) is 6.31. The fourth-order valence-corrected chi connectivity index (χ4v) is 2.84. The second-order valence-electron chi connectivity index (χ2n) is 4.97. The molecule has 1 saturated carbocycles. The van der Waals surface area contributed by atoms with Gasteiger partial charge < -0.3 is 10.1 Å². The van der Waals surface area contributed by atoms with Gasteiger partial charge in [-0.15, -0.1) is 0 Å². The molecule has 0 aliphatic heterocycles. The summed E-state index contributed by atoms with van der Waals surface area (Å²) in [6.07, 6.45) is 11.2. The van der Waals surface area contributed by atoms with Gasteiger partial charge in [0.05, 0.1) is 25.0 Å². The summed E-state index contributed by atoms with van der Waals surface area (Å²) >= 11 is 0. The predicted molar refractivity (Wildman–Crippen MR) is 66.9 cm³/mol. The van der Waals surface area contributed by atoms with Crippen molar-refractivity contribution in [2.24, 2.45) is 11.8 Å². The van der Waals surface area contributed by atoms with E-state index in [-0.39, 0.29) is 0 Å². The van der Waals surface area contributed by atoms with Crippen molar-refractivity contribution in [3.05, 3.63) is 24.5 Å². The van der Waals surface area contributed by atoms with Crippen LogP contribution in [0.3, 0.4) is 0 Å². The molecule has 1 aromatic rings. The second kappa shape index (κ2) is 4.53. The summed E-state index contributed by atoms with van der Waals surface area (Å²) in [5.74, 6) is 1.65. The molecule has 2 aliphatic carbocycles. The third-order valence-electron chi connectivity index (χ3n) is 3.87. The molecule has 3 rings (SSSR count). The maximum absolute atomic E-state index is 5.03. The van der Waals surface area contributed by atoms with Gasteiger partial charge >= 0.3 is 0 Å². The van der Waals surface area contributed by atoms with Gasteiger partial charge in [-0.05, 0) is 18.8 Å². The van der Waals surface area contributed by atoms with Gasteiger partial charge in [0.2, 0.25) is 0 Å². The molecule has 1 fully saturated rings. The van der Waals surface area contributed by atoms with Crippen LogP contribution in [0, 0.1) is 11.8 Å². The first-order chi connectivity index (χ1) is 8.36. The smallest absolute Gasteiger partial charge is 0.0728 e. The molecular weight excluding hydrogens is 214 g/mol. The molecule has 3 unspecified atom stereocenters. The van der Waals surface area contributed by atoms with E-state index in [1.54, 1.807) is 7.11 Å². The van der Waals surface area contributed by atoms with Crippen LogP contribution in [0.4, 0.5) is 5.69 Å². The van der Waals surface area contributed by atoms with E-state index in [0.29, 0.717) is 12.6 Å². The minimum atomic E-state index is 0.610. The highest BCUT2D eigenvalue weighted by atomic mass is 16.5. The molecule has 1 aromatic heterocycles. The average molecular weight is 233 g/mol. The Kier molecular flexibility index (Phi) is 2.89. The Bertz CT molecular complexity index is 413. The molecule has 92 valence electrons. The SMILES string of the molecule is COCCn1cc(NC2CC3CC=CC32)cn1. The van der Waals surface area contributed by atoms with Gasteiger partial charge in [0.15, 0.2) is 0 Å². The fraction of sp³-hybridized carbons (Fsp3) is 0.615. The third-order valence-corrected chi connectivity index (χ3v) is 3.87. The van der Waals surface area contributed by atoms with E-state index in [2.05, 4.69) is 28.8 Å². The number of methoxy groups -OCH3 is 1. The summed E-state index contributed by atoms with van der Waals surface area (Å²) < 4.78 is 6.96. The zero-order valence-corrected chi connectivity index (χ0v) is 10.2. The van der Waals surface area contributed by atoms with Crippen molar-refractivity contribution in [2.75, 3.05) is 19.0 Å². The Morgan fingerprint density at radius 2 is 2.53 bits per heavy atom. The Morgan fingerprint density at radius 3 is 3.35 bits per heavy atom. The Labute approximate surface area is 102 Å². The van der Waals surface area contributed by atoms with Gasteiger partial charge in [0.1, 0.15) is 0 Å². The molecule has 0 saturated heterocycles. The van der Waals surface area contributed by atoms with Gasteiger partial charge in [-0.1, -0.05) is 12.2 Å². The predicted octanol–water partition coefficient (Wildman–Crippen LogP) is 1.91. The van der Waals surface area contributed by atoms with E-state index in [4.69, 9.17) is 4.74 Å². The standard InChI is InChI=1S/C13H19N3O/c1-17-6-5-16-9-11(8-14-16)15-13-7-10-3-2-4-12(10)13/h2,4,8-10,12-13,15H,3,5-7H2,1H3. The number of aromatic nitrogens is 2. The highest BCUT2D eigenvalue weighted by molar-refractivity contribution is 5.41. The summed E-state index contributed by atoms with van der Waals surface area (Å²) in [5, 5.41) is 7.88. The molecule has 2 aliphatic rings. The fourth-order valence-electron chi connectivity index (χ4n) is 2.84. The minimum Gasteiger partial charge on any atom is -0.383 e. The Hall–Kier alpha value is -1.29. The van der Waals surface area contributed by atoms with Crippen LogP contribution in [0.2, 0.25) is 0 Å². The molecule has 0 bridgehead atoms. The molecular formula is C13H19N3O. The van der Waals surface area contributed by atoms with Crippen molar-refractivity contribution in [1.82, 2.24) is 9.78 Å². The molecule has 1 N–H and O–H groups in total. The van der Waals surface area contributed by atoms with Gasteiger partial charge in [-0.2, -0.15) is 5.10 Å². The van der Waals surface area contributed by atoms with Crippen molar-refractivity contribution in [1.29, 1.82) is 0 Å². The molecule has 1 heterocycles. The molecule has 0 amide bonds.